The van der Waals surface area contributed by atoms with Crippen LogP contribution >= 0.6 is 0 Å². The molecular weight excluding hydrogens is 240 g/mol. The highest BCUT2D eigenvalue weighted by Gasteiger charge is 2.31. The normalized spacial score (nSPS) is 15.3. The van der Waals surface area contributed by atoms with Gasteiger partial charge in [0.1, 0.15) is 5.82 Å². The zero-order valence-corrected chi connectivity index (χ0v) is 10.5. The molecule has 0 atom stereocenters. The summed E-state index contributed by atoms with van der Waals surface area (Å²) in [5.74, 6) is 0.437. The Hall–Kier alpha value is -2.36. The van der Waals surface area contributed by atoms with E-state index in [0.29, 0.717) is 25.2 Å². The van der Waals surface area contributed by atoms with E-state index in [1.54, 1.807) is 0 Å². The predicted molar refractivity (Wildman–Crippen MR) is 71.7 cm³/mol. The number of anilines is 1. The third-order valence-corrected chi connectivity index (χ3v) is 3.28. The summed E-state index contributed by atoms with van der Waals surface area (Å²) in [7, 11) is 0. The van der Waals surface area contributed by atoms with Gasteiger partial charge in [0.2, 0.25) is 11.8 Å². The highest BCUT2D eigenvalue weighted by atomic mass is 16.2. The molecule has 1 fully saturated rings. The van der Waals surface area contributed by atoms with Crippen LogP contribution in [0.5, 0.6) is 0 Å². The monoisotopic (exact) mass is 254 g/mol. The summed E-state index contributed by atoms with van der Waals surface area (Å²) in [4.78, 5) is 24.9. The Labute approximate surface area is 111 Å². The van der Waals surface area contributed by atoms with Crippen LogP contribution in [0.3, 0.4) is 0 Å². The van der Waals surface area contributed by atoms with Crippen LogP contribution in [0.2, 0.25) is 0 Å². The van der Waals surface area contributed by atoms with Crippen molar-refractivity contribution in [3.8, 4) is 0 Å². The molecule has 1 aromatic carbocycles. The van der Waals surface area contributed by atoms with Crippen molar-refractivity contribution in [3.63, 3.8) is 0 Å². The molecule has 4 nitrogen and oxygen atoms in total. The molecule has 0 spiro atoms. The molecule has 0 saturated carbocycles. The lowest BCUT2D eigenvalue weighted by Crippen LogP contribution is -2.30. The van der Waals surface area contributed by atoms with Gasteiger partial charge in [0.25, 0.3) is 0 Å². The van der Waals surface area contributed by atoms with E-state index >= 15 is 0 Å². The first kappa shape index (κ1) is 11.7. The Kier molecular flexibility index (Phi) is 2.91. The second kappa shape index (κ2) is 4.72. The summed E-state index contributed by atoms with van der Waals surface area (Å²) in [6.07, 6.45) is 2.52. The first-order valence-corrected chi connectivity index (χ1v) is 6.30. The van der Waals surface area contributed by atoms with Crippen molar-refractivity contribution in [2.24, 2.45) is 0 Å². The molecule has 1 aliphatic rings. The van der Waals surface area contributed by atoms with Crippen molar-refractivity contribution in [1.29, 1.82) is 0 Å². The molecule has 0 radical (unpaired) electrons. The largest absolute Gasteiger partial charge is 0.330 e. The fourth-order valence-corrected chi connectivity index (χ4v) is 2.35. The van der Waals surface area contributed by atoms with Gasteiger partial charge in [-0.15, -0.1) is 0 Å². The number of carbonyl (C=O) groups is 2. The topological polar surface area (TPSA) is 42.3 Å². The van der Waals surface area contributed by atoms with E-state index in [4.69, 9.17) is 0 Å². The van der Waals surface area contributed by atoms with Crippen LogP contribution in [0.25, 0.3) is 0 Å². The number of nitrogens with zero attached hydrogens (tertiary/aromatic N) is 2. The summed E-state index contributed by atoms with van der Waals surface area (Å²) >= 11 is 0. The zero-order valence-electron chi connectivity index (χ0n) is 10.5. The van der Waals surface area contributed by atoms with E-state index in [1.165, 1.54) is 4.90 Å². The van der Waals surface area contributed by atoms with Crippen molar-refractivity contribution >= 4 is 17.6 Å². The Bertz CT molecular complexity index is 600. The Morgan fingerprint density at radius 3 is 2.26 bits per heavy atom. The van der Waals surface area contributed by atoms with Gasteiger partial charge < -0.3 is 4.57 Å². The minimum absolute atomic E-state index is 0.113. The maximum absolute atomic E-state index is 11.8. The summed E-state index contributed by atoms with van der Waals surface area (Å²) in [5, 5.41) is 0. The van der Waals surface area contributed by atoms with Crippen molar-refractivity contribution < 1.29 is 9.59 Å². The maximum atomic E-state index is 11.8. The Morgan fingerprint density at radius 1 is 0.895 bits per heavy atom. The van der Waals surface area contributed by atoms with Crippen molar-refractivity contribution in [3.05, 3.63) is 54.2 Å². The quantitative estimate of drug-likeness (QED) is 0.788. The second-order valence-corrected chi connectivity index (χ2v) is 4.60. The number of imide groups is 1. The average molecular weight is 254 g/mol. The standard InChI is InChI=1S/C15H14N2O2/c18-14-8-9-15(19)17(14)13-7-4-10-16(13)11-12-5-2-1-3-6-12/h1-7,10H,8-9,11H2. The van der Waals surface area contributed by atoms with Crippen molar-refractivity contribution in [2.75, 3.05) is 4.90 Å². The van der Waals surface area contributed by atoms with Crippen LogP contribution in [0, 0.1) is 0 Å². The molecule has 0 unspecified atom stereocenters. The summed E-state index contributed by atoms with van der Waals surface area (Å²) < 4.78 is 1.93. The van der Waals surface area contributed by atoms with Gasteiger partial charge in [-0.05, 0) is 17.7 Å². The summed E-state index contributed by atoms with van der Waals surface area (Å²) in [5.41, 5.74) is 1.14. The smallest absolute Gasteiger partial charge is 0.235 e. The predicted octanol–water partition coefficient (Wildman–Crippen LogP) is 2.19. The minimum Gasteiger partial charge on any atom is -0.330 e. The molecule has 0 bridgehead atoms. The molecule has 96 valence electrons. The molecule has 2 aromatic rings. The highest BCUT2D eigenvalue weighted by molar-refractivity contribution is 6.19. The fourth-order valence-electron chi connectivity index (χ4n) is 2.35. The van der Waals surface area contributed by atoms with Crippen LogP contribution in [0.1, 0.15) is 18.4 Å². The highest BCUT2D eigenvalue weighted by Crippen LogP contribution is 2.23. The molecule has 1 aromatic heterocycles. The molecular formula is C15H14N2O2. The molecule has 0 aliphatic carbocycles. The van der Waals surface area contributed by atoms with Crippen LogP contribution < -0.4 is 4.90 Å². The number of benzene rings is 1. The second-order valence-electron chi connectivity index (χ2n) is 4.60. The lowest BCUT2D eigenvalue weighted by Gasteiger charge is -2.17. The lowest BCUT2D eigenvalue weighted by atomic mass is 10.2. The number of rotatable bonds is 3. The zero-order chi connectivity index (χ0) is 13.2. The van der Waals surface area contributed by atoms with E-state index in [9.17, 15) is 9.59 Å². The van der Waals surface area contributed by atoms with Gasteiger partial charge in [0.15, 0.2) is 0 Å². The van der Waals surface area contributed by atoms with E-state index in [0.717, 1.165) is 5.56 Å². The van der Waals surface area contributed by atoms with E-state index in [1.807, 2.05) is 53.2 Å². The molecule has 1 saturated heterocycles. The maximum Gasteiger partial charge on any atom is 0.235 e. The van der Waals surface area contributed by atoms with E-state index in [-0.39, 0.29) is 11.8 Å². The number of amides is 2. The van der Waals surface area contributed by atoms with E-state index < -0.39 is 0 Å². The first-order chi connectivity index (χ1) is 9.25. The molecule has 1 aliphatic heterocycles. The molecule has 0 N–H and O–H groups in total. The van der Waals surface area contributed by atoms with Crippen LogP contribution in [-0.4, -0.2) is 16.4 Å². The minimum atomic E-state index is -0.113. The number of aromatic nitrogens is 1. The number of carbonyl (C=O) groups excluding carboxylic acids is 2. The molecule has 2 amide bonds. The fraction of sp³-hybridized carbons (Fsp3) is 0.200. The van der Waals surface area contributed by atoms with Gasteiger partial charge in [-0.2, -0.15) is 0 Å². The van der Waals surface area contributed by atoms with Crippen molar-refractivity contribution in [1.82, 2.24) is 4.57 Å². The molecule has 2 heterocycles. The van der Waals surface area contributed by atoms with Gasteiger partial charge >= 0.3 is 0 Å². The van der Waals surface area contributed by atoms with Gasteiger partial charge in [0, 0.05) is 25.6 Å². The van der Waals surface area contributed by atoms with Gasteiger partial charge in [-0.25, -0.2) is 4.90 Å². The van der Waals surface area contributed by atoms with Crippen LogP contribution in [-0.2, 0) is 16.1 Å². The summed E-state index contributed by atoms with van der Waals surface area (Å²) in [6, 6.07) is 13.6. The SMILES string of the molecule is O=C1CCC(=O)N1c1cccn1Cc1ccccc1. The Balaban J connectivity index is 1.91. The van der Waals surface area contributed by atoms with Crippen LogP contribution in [0.15, 0.2) is 48.7 Å². The first-order valence-electron chi connectivity index (χ1n) is 6.30. The lowest BCUT2D eigenvalue weighted by molar-refractivity contribution is -0.121. The molecule has 19 heavy (non-hydrogen) atoms. The number of hydrogen-bond acceptors (Lipinski definition) is 2. The van der Waals surface area contributed by atoms with Gasteiger partial charge in [0.05, 0.1) is 0 Å². The summed E-state index contributed by atoms with van der Waals surface area (Å²) in [6.45, 7) is 0.653. The van der Waals surface area contributed by atoms with Crippen molar-refractivity contribution in [2.45, 2.75) is 19.4 Å². The average Bonchev–Trinajstić information content (AvgIpc) is 2.98. The molecule has 3 rings (SSSR count). The third kappa shape index (κ3) is 2.17. The van der Waals surface area contributed by atoms with Gasteiger partial charge in [-0.1, -0.05) is 30.3 Å². The molecule has 4 heteroatoms. The third-order valence-electron chi connectivity index (χ3n) is 3.28. The van der Waals surface area contributed by atoms with E-state index in [2.05, 4.69) is 0 Å². The van der Waals surface area contributed by atoms with Gasteiger partial charge in [-0.3, -0.25) is 9.59 Å². The van der Waals surface area contributed by atoms with Crippen LogP contribution in [0.4, 0.5) is 5.82 Å². The Morgan fingerprint density at radius 2 is 1.58 bits per heavy atom. The number of hydrogen-bond donors (Lipinski definition) is 0.